The highest BCUT2D eigenvalue weighted by molar-refractivity contribution is 7.92. The Morgan fingerprint density at radius 2 is 1.81 bits per heavy atom. The van der Waals surface area contributed by atoms with Crippen molar-refractivity contribution in [3.8, 4) is 5.75 Å². The van der Waals surface area contributed by atoms with Crippen LogP contribution < -0.4 is 14.4 Å². The summed E-state index contributed by atoms with van der Waals surface area (Å²) in [4.78, 5) is 12.6. The SMILES string of the molecule is CC[C@H](NC(=O)CN(c1ccc(Cl)c(C(F)(F)F)c1)S(C)(=O)=O)c1ccc(OC)cc1. The number of alkyl halides is 3. The van der Waals surface area contributed by atoms with E-state index in [1.54, 1.807) is 24.3 Å². The summed E-state index contributed by atoms with van der Waals surface area (Å²) >= 11 is 5.61. The van der Waals surface area contributed by atoms with Gasteiger partial charge in [-0.1, -0.05) is 30.7 Å². The minimum Gasteiger partial charge on any atom is -0.497 e. The van der Waals surface area contributed by atoms with Crippen molar-refractivity contribution < 1.29 is 31.1 Å². The van der Waals surface area contributed by atoms with Gasteiger partial charge in [0, 0.05) is 0 Å². The topological polar surface area (TPSA) is 75.7 Å². The average Bonchev–Trinajstić information content (AvgIpc) is 2.69. The number of amides is 1. The number of rotatable bonds is 8. The molecule has 0 unspecified atom stereocenters. The van der Waals surface area contributed by atoms with Crippen LogP contribution in [-0.4, -0.2) is 34.2 Å². The zero-order chi connectivity index (χ0) is 23.4. The van der Waals surface area contributed by atoms with E-state index in [0.717, 1.165) is 24.0 Å². The average molecular weight is 479 g/mol. The highest BCUT2D eigenvalue weighted by atomic mass is 35.5. The largest absolute Gasteiger partial charge is 0.497 e. The Morgan fingerprint density at radius 3 is 2.29 bits per heavy atom. The first-order chi connectivity index (χ1) is 14.4. The van der Waals surface area contributed by atoms with Crippen LogP contribution in [0.2, 0.25) is 5.02 Å². The standard InChI is InChI=1S/C20H22ClF3N2O4S/c1-4-18(13-5-8-15(30-2)9-6-13)25-19(27)12-26(31(3,28)29)14-7-10-17(21)16(11-14)20(22,23)24/h5-11,18H,4,12H2,1-3H3,(H,25,27)/t18-/m0/s1. The highest BCUT2D eigenvalue weighted by Crippen LogP contribution is 2.37. The lowest BCUT2D eigenvalue weighted by atomic mass is 10.0. The fourth-order valence-electron chi connectivity index (χ4n) is 2.91. The van der Waals surface area contributed by atoms with Crippen LogP contribution in [0, 0.1) is 0 Å². The minimum atomic E-state index is -4.78. The van der Waals surface area contributed by atoms with Crippen molar-refractivity contribution >= 4 is 33.2 Å². The maximum atomic E-state index is 13.2. The molecule has 6 nitrogen and oxygen atoms in total. The van der Waals surface area contributed by atoms with Crippen LogP contribution in [0.1, 0.15) is 30.5 Å². The number of sulfonamides is 1. The van der Waals surface area contributed by atoms with Crippen LogP contribution in [-0.2, 0) is 21.0 Å². The van der Waals surface area contributed by atoms with E-state index >= 15 is 0 Å². The van der Waals surface area contributed by atoms with Crippen LogP contribution in [0.4, 0.5) is 18.9 Å². The summed E-state index contributed by atoms with van der Waals surface area (Å²) in [6, 6.07) is 9.22. The first kappa shape index (κ1) is 24.8. The quantitative estimate of drug-likeness (QED) is 0.610. The first-order valence-electron chi connectivity index (χ1n) is 9.14. The predicted molar refractivity (Wildman–Crippen MR) is 113 cm³/mol. The van der Waals surface area contributed by atoms with Gasteiger partial charge in [0.2, 0.25) is 15.9 Å². The second kappa shape index (κ2) is 9.78. The number of carbonyl (C=O) groups excluding carboxylic acids is 1. The Labute approximate surface area is 184 Å². The Hall–Kier alpha value is -2.46. The van der Waals surface area contributed by atoms with Crippen molar-refractivity contribution in [2.45, 2.75) is 25.6 Å². The molecule has 2 aromatic carbocycles. The molecule has 0 aliphatic heterocycles. The van der Waals surface area contributed by atoms with Crippen LogP contribution in [0.25, 0.3) is 0 Å². The molecule has 2 aromatic rings. The molecule has 1 atom stereocenters. The summed E-state index contributed by atoms with van der Waals surface area (Å²) in [7, 11) is -2.54. The number of hydrogen-bond donors (Lipinski definition) is 1. The van der Waals surface area contributed by atoms with Gasteiger partial charge in [-0.15, -0.1) is 0 Å². The van der Waals surface area contributed by atoms with Gasteiger partial charge in [-0.05, 0) is 42.3 Å². The predicted octanol–water partition coefficient (Wildman–Crippen LogP) is 4.40. The van der Waals surface area contributed by atoms with Gasteiger partial charge < -0.3 is 10.1 Å². The minimum absolute atomic E-state index is 0.313. The van der Waals surface area contributed by atoms with Gasteiger partial charge in [-0.3, -0.25) is 9.10 Å². The van der Waals surface area contributed by atoms with E-state index in [2.05, 4.69) is 5.32 Å². The van der Waals surface area contributed by atoms with Crippen molar-refractivity contribution in [3.05, 3.63) is 58.6 Å². The van der Waals surface area contributed by atoms with E-state index in [1.807, 2.05) is 6.92 Å². The Balaban J connectivity index is 2.27. The maximum Gasteiger partial charge on any atom is 0.417 e. The van der Waals surface area contributed by atoms with Gasteiger partial charge in [0.1, 0.15) is 12.3 Å². The number of benzene rings is 2. The Bertz CT molecular complexity index is 1030. The molecule has 0 heterocycles. The maximum absolute atomic E-state index is 13.2. The second-order valence-electron chi connectivity index (χ2n) is 6.73. The fourth-order valence-corrected chi connectivity index (χ4v) is 3.99. The van der Waals surface area contributed by atoms with Gasteiger partial charge in [0.15, 0.2) is 0 Å². The summed E-state index contributed by atoms with van der Waals surface area (Å²) in [5.41, 5.74) is -0.731. The molecule has 11 heteroatoms. The molecule has 170 valence electrons. The number of nitrogens with one attached hydrogen (secondary N) is 1. The lowest BCUT2D eigenvalue weighted by Gasteiger charge is -2.25. The van der Waals surface area contributed by atoms with E-state index in [0.29, 0.717) is 22.5 Å². The summed E-state index contributed by atoms with van der Waals surface area (Å²) in [5.74, 6) is -0.0343. The second-order valence-corrected chi connectivity index (χ2v) is 9.05. The molecule has 0 aromatic heterocycles. The molecule has 0 aliphatic rings. The highest BCUT2D eigenvalue weighted by Gasteiger charge is 2.34. The molecular weight excluding hydrogens is 457 g/mol. The smallest absolute Gasteiger partial charge is 0.417 e. The van der Waals surface area contributed by atoms with Crippen molar-refractivity contribution in [3.63, 3.8) is 0 Å². The van der Waals surface area contributed by atoms with Gasteiger partial charge in [-0.25, -0.2) is 8.42 Å². The first-order valence-corrected chi connectivity index (χ1v) is 11.4. The lowest BCUT2D eigenvalue weighted by molar-refractivity contribution is -0.137. The van der Waals surface area contributed by atoms with Gasteiger partial charge in [0.05, 0.1) is 35.7 Å². The molecule has 0 aliphatic carbocycles. The molecule has 31 heavy (non-hydrogen) atoms. The normalized spacial score (nSPS) is 12.9. The Kier molecular flexibility index (Phi) is 7.82. The number of carbonyl (C=O) groups is 1. The van der Waals surface area contributed by atoms with Crippen LogP contribution in [0.15, 0.2) is 42.5 Å². The third-order valence-corrected chi connectivity index (χ3v) is 5.96. The van der Waals surface area contributed by atoms with Crippen LogP contribution >= 0.6 is 11.6 Å². The molecule has 0 spiro atoms. The molecule has 2 rings (SSSR count). The third-order valence-electron chi connectivity index (χ3n) is 4.49. The fraction of sp³-hybridized carbons (Fsp3) is 0.350. The molecule has 0 saturated carbocycles. The zero-order valence-corrected chi connectivity index (χ0v) is 18.6. The van der Waals surface area contributed by atoms with Crippen molar-refractivity contribution in [1.82, 2.24) is 5.32 Å². The number of nitrogens with zero attached hydrogens (tertiary/aromatic N) is 1. The van der Waals surface area contributed by atoms with Gasteiger partial charge in [0.25, 0.3) is 0 Å². The van der Waals surface area contributed by atoms with Gasteiger partial charge in [-0.2, -0.15) is 13.2 Å². The van der Waals surface area contributed by atoms with Crippen molar-refractivity contribution in [2.24, 2.45) is 0 Å². The third kappa shape index (κ3) is 6.51. The zero-order valence-electron chi connectivity index (χ0n) is 17.0. The monoisotopic (exact) mass is 478 g/mol. The number of methoxy groups -OCH3 is 1. The molecular formula is C20H22ClF3N2O4S. The van der Waals surface area contributed by atoms with E-state index in [-0.39, 0.29) is 5.69 Å². The number of anilines is 1. The van der Waals surface area contributed by atoms with Crippen LogP contribution in [0.5, 0.6) is 5.75 Å². The summed E-state index contributed by atoms with van der Waals surface area (Å²) in [5, 5.41) is 2.15. The number of hydrogen-bond acceptors (Lipinski definition) is 4. The van der Waals surface area contributed by atoms with E-state index in [9.17, 15) is 26.4 Å². The molecule has 1 amide bonds. The van der Waals surface area contributed by atoms with E-state index in [1.165, 1.54) is 7.11 Å². The van der Waals surface area contributed by atoms with E-state index < -0.39 is 45.3 Å². The van der Waals surface area contributed by atoms with Crippen molar-refractivity contribution in [1.29, 1.82) is 0 Å². The van der Waals surface area contributed by atoms with E-state index in [4.69, 9.17) is 16.3 Å². The number of ether oxygens (including phenoxy) is 1. The molecule has 0 radical (unpaired) electrons. The lowest BCUT2D eigenvalue weighted by Crippen LogP contribution is -2.41. The van der Waals surface area contributed by atoms with Crippen molar-refractivity contribution in [2.75, 3.05) is 24.2 Å². The molecule has 0 fully saturated rings. The summed E-state index contributed by atoms with van der Waals surface area (Å²) in [6.07, 6.45) is -3.46. The molecule has 0 bridgehead atoms. The Morgan fingerprint density at radius 1 is 1.19 bits per heavy atom. The number of halogens is 4. The summed E-state index contributed by atoms with van der Waals surface area (Å²) in [6.45, 7) is 1.14. The van der Waals surface area contributed by atoms with Crippen LogP contribution in [0.3, 0.4) is 0 Å². The molecule has 1 N–H and O–H groups in total. The molecule has 0 saturated heterocycles. The summed E-state index contributed by atoms with van der Waals surface area (Å²) < 4.78 is 69.7. The van der Waals surface area contributed by atoms with Gasteiger partial charge >= 0.3 is 6.18 Å².